The lowest BCUT2D eigenvalue weighted by atomic mass is 10.2. The molecule has 1 aromatic heterocycles. The first-order valence-corrected chi connectivity index (χ1v) is 10.5. The second kappa shape index (κ2) is 11.7. The SMILES string of the molecule is CN=C(NCCc1ccc(Cl)s1)NC1CCN(c2cc(OC)cc(OC)c2)C1.I. The molecular formula is C20H28ClIN4O2S. The van der Waals surface area contributed by atoms with Crippen LogP contribution in [0.2, 0.25) is 4.34 Å². The molecule has 0 spiro atoms. The zero-order valence-corrected chi connectivity index (χ0v) is 20.8. The van der Waals surface area contributed by atoms with Crippen molar-refractivity contribution in [2.75, 3.05) is 45.8 Å². The largest absolute Gasteiger partial charge is 0.497 e. The maximum Gasteiger partial charge on any atom is 0.191 e. The molecule has 1 atom stereocenters. The van der Waals surface area contributed by atoms with E-state index in [1.54, 1.807) is 32.6 Å². The molecule has 0 radical (unpaired) electrons. The van der Waals surface area contributed by atoms with Crippen LogP contribution in [0.1, 0.15) is 11.3 Å². The van der Waals surface area contributed by atoms with E-state index in [4.69, 9.17) is 21.1 Å². The summed E-state index contributed by atoms with van der Waals surface area (Å²) in [5.41, 5.74) is 1.11. The topological polar surface area (TPSA) is 58.1 Å². The summed E-state index contributed by atoms with van der Waals surface area (Å²) in [4.78, 5) is 7.96. The molecule has 0 saturated carbocycles. The Morgan fingerprint density at radius 3 is 2.55 bits per heavy atom. The third-order valence-electron chi connectivity index (χ3n) is 4.75. The zero-order valence-electron chi connectivity index (χ0n) is 16.9. The smallest absolute Gasteiger partial charge is 0.191 e. The van der Waals surface area contributed by atoms with Gasteiger partial charge in [0.2, 0.25) is 0 Å². The molecule has 6 nitrogen and oxygen atoms in total. The molecule has 2 heterocycles. The van der Waals surface area contributed by atoms with Crippen LogP contribution < -0.4 is 25.0 Å². The molecule has 1 unspecified atom stereocenters. The van der Waals surface area contributed by atoms with Crippen molar-refractivity contribution in [2.45, 2.75) is 18.9 Å². The van der Waals surface area contributed by atoms with Crippen molar-refractivity contribution in [3.05, 3.63) is 39.5 Å². The summed E-state index contributed by atoms with van der Waals surface area (Å²) in [5, 5.41) is 6.92. The van der Waals surface area contributed by atoms with Gasteiger partial charge in [-0.05, 0) is 25.0 Å². The fraction of sp³-hybridized carbons (Fsp3) is 0.450. The Labute approximate surface area is 198 Å². The van der Waals surface area contributed by atoms with E-state index in [-0.39, 0.29) is 24.0 Å². The number of rotatable bonds is 7. The van der Waals surface area contributed by atoms with Crippen molar-refractivity contribution in [3.8, 4) is 11.5 Å². The maximum absolute atomic E-state index is 5.99. The number of hydrogen-bond donors (Lipinski definition) is 2. The summed E-state index contributed by atoms with van der Waals surface area (Å²) < 4.78 is 11.6. The van der Waals surface area contributed by atoms with E-state index < -0.39 is 0 Å². The Kier molecular flexibility index (Phi) is 9.64. The molecule has 9 heteroatoms. The molecule has 2 aromatic rings. The predicted octanol–water partition coefficient (Wildman–Crippen LogP) is 4.02. The Morgan fingerprint density at radius 1 is 1.24 bits per heavy atom. The van der Waals surface area contributed by atoms with Gasteiger partial charge in [-0.15, -0.1) is 35.3 Å². The number of ether oxygens (including phenoxy) is 2. The number of methoxy groups -OCH3 is 2. The highest BCUT2D eigenvalue weighted by molar-refractivity contribution is 14.0. The van der Waals surface area contributed by atoms with Crippen LogP contribution in [0.5, 0.6) is 11.5 Å². The van der Waals surface area contributed by atoms with Gasteiger partial charge < -0.3 is 25.0 Å². The van der Waals surface area contributed by atoms with E-state index in [1.807, 2.05) is 24.3 Å². The van der Waals surface area contributed by atoms with Gasteiger partial charge in [0.1, 0.15) is 11.5 Å². The fourth-order valence-electron chi connectivity index (χ4n) is 3.27. The average molecular weight is 551 g/mol. The van der Waals surface area contributed by atoms with Gasteiger partial charge in [-0.25, -0.2) is 0 Å². The van der Waals surface area contributed by atoms with E-state index in [0.717, 1.165) is 60.0 Å². The van der Waals surface area contributed by atoms with Gasteiger partial charge in [-0.2, -0.15) is 0 Å². The highest BCUT2D eigenvalue weighted by atomic mass is 127. The summed E-state index contributed by atoms with van der Waals surface area (Å²) in [6, 6.07) is 10.3. The van der Waals surface area contributed by atoms with Crippen LogP contribution in [0.15, 0.2) is 35.3 Å². The third kappa shape index (κ3) is 6.82. The van der Waals surface area contributed by atoms with E-state index in [2.05, 4.69) is 26.6 Å². The quantitative estimate of drug-likeness (QED) is 0.310. The lowest BCUT2D eigenvalue weighted by molar-refractivity contribution is 0.394. The van der Waals surface area contributed by atoms with E-state index in [0.29, 0.717) is 6.04 Å². The molecule has 0 bridgehead atoms. The molecule has 0 amide bonds. The van der Waals surface area contributed by atoms with Gasteiger partial charge in [0.15, 0.2) is 5.96 Å². The second-order valence-electron chi connectivity index (χ2n) is 6.60. The van der Waals surface area contributed by atoms with Crippen LogP contribution in [-0.2, 0) is 6.42 Å². The summed E-state index contributed by atoms with van der Waals surface area (Å²) >= 11 is 7.61. The molecule has 160 valence electrons. The first-order valence-electron chi connectivity index (χ1n) is 9.30. The van der Waals surface area contributed by atoms with Crippen molar-refractivity contribution >= 4 is 58.6 Å². The molecule has 1 saturated heterocycles. The Morgan fingerprint density at radius 2 is 1.97 bits per heavy atom. The maximum atomic E-state index is 5.99. The van der Waals surface area contributed by atoms with Crippen LogP contribution in [-0.4, -0.2) is 52.9 Å². The number of thiophene rings is 1. The number of hydrogen-bond acceptors (Lipinski definition) is 5. The molecule has 2 N–H and O–H groups in total. The monoisotopic (exact) mass is 550 g/mol. The first-order chi connectivity index (χ1) is 13.6. The van der Waals surface area contributed by atoms with Crippen LogP contribution in [0.3, 0.4) is 0 Å². The van der Waals surface area contributed by atoms with Crippen molar-refractivity contribution in [1.82, 2.24) is 10.6 Å². The number of benzene rings is 1. The second-order valence-corrected chi connectivity index (χ2v) is 8.40. The zero-order chi connectivity index (χ0) is 19.9. The minimum atomic E-state index is 0. The molecule has 1 aliphatic heterocycles. The number of nitrogens with one attached hydrogen (secondary N) is 2. The van der Waals surface area contributed by atoms with Crippen LogP contribution in [0, 0.1) is 0 Å². The molecule has 1 aliphatic rings. The van der Waals surface area contributed by atoms with Gasteiger partial charge in [0.25, 0.3) is 0 Å². The van der Waals surface area contributed by atoms with Gasteiger partial charge in [0, 0.05) is 61.5 Å². The summed E-state index contributed by atoms with van der Waals surface area (Å²) in [7, 11) is 5.15. The van der Waals surface area contributed by atoms with Crippen LogP contribution >= 0.6 is 46.9 Å². The van der Waals surface area contributed by atoms with Gasteiger partial charge >= 0.3 is 0 Å². The lowest BCUT2D eigenvalue weighted by Crippen LogP contribution is -2.45. The molecule has 29 heavy (non-hydrogen) atoms. The standard InChI is InChI=1S/C20H27ClN4O2S.HI/c1-22-20(23-8-6-18-4-5-19(21)28-18)24-14-7-9-25(13-14)15-10-16(26-2)12-17(11-15)27-3;/h4-5,10-12,14H,6-9,13H2,1-3H3,(H2,22,23,24);1H. The first kappa shape index (κ1) is 23.9. The van der Waals surface area contributed by atoms with E-state index in [1.165, 1.54) is 4.88 Å². The minimum Gasteiger partial charge on any atom is -0.497 e. The van der Waals surface area contributed by atoms with Gasteiger partial charge in [-0.3, -0.25) is 4.99 Å². The molecule has 3 rings (SSSR count). The average Bonchev–Trinajstić information content (AvgIpc) is 3.35. The molecule has 0 aliphatic carbocycles. The van der Waals surface area contributed by atoms with Crippen molar-refractivity contribution in [2.24, 2.45) is 4.99 Å². The molecule has 1 fully saturated rings. The van der Waals surface area contributed by atoms with Crippen molar-refractivity contribution in [3.63, 3.8) is 0 Å². The normalized spacial score (nSPS) is 16.3. The van der Waals surface area contributed by atoms with E-state index >= 15 is 0 Å². The summed E-state index contributed by atoms with van der Waals surface area (Å²) in [6.07, 6.45) is 1.97. The van der Waals surface area contributed by atoms with Crippen molar-refractivity contribution in [1.29, 1.82) is 0 Å². The highest BCUT2D eigenvalue weighted by Crippen LogP contribution is 2.30. The van der Waals surface area contributed by atoms with Crippen LogP contribution in [0.4, 0.5) is 5.69 Å². The molecule has 1 aromatic carbocycles. The highest BCUT2D eigenvalue weighted by Gasteiger charge is 2.24. The Hall–Kier alpha value is -1.39. The number of halogens is 2. The number of nitrogens with zero attached hydrogens (tertiary/aromatic N) is 2. The number of guanidine groups is 1. The summed E-state index contributed by atoms with van der Waals surface area (Å²) in [5.74, 6) is 2.44. The van der Waals surface area contributed by atoms with E-state index in [9.17, 15) is 0 Å². The van der Waals surface area contributed by atoms with Gasteiger partial charge in [0.05, 0.1) is 18.6 Å². The number of anilines is 1. The number of aliphatic imine (C=N–C) groups is 1. The Balaban J connectivity index is 0.00000300. The predicted molar refractivity (Wildman–Crippen MR) is 133 cm³/mol. The van der Waals surface area contributed by atoms with Crippen LogP contribution in [0.25, 0.3) is 0 Å². The third-order valence-corrected chi connectivity index (χ3v) is 6.04. The van der Waals surface area contributed by atoms with Crippen molar-refractivity contribution < 1.29 is 9.47 Å². The fourth-order valence-corrected chi connectivity index (χ4v) is 4.35. The Bertz CT molecular complexity index is 795. The summed E-state index contributed by atoms with van der Waals surface area (Å²) in [6.45, 7) is 2.69. The lowest BCUT2D eigenvalue weighted by Gasteiger charge is -2.21. The van der Waals surface area contributed by atoms with Gasteiger partial charge in [-0.1, -0.05) is 11.6 Å². The minimum absolute atomic E-state index is 0. The molecular weight excluding hydrogens is 523 g/mol.